The third-order valence-corrected chi connectivity index (χ3v) is 7.97. The molecule has 2 aromatic rings. The summed E-state index contributed by atoms with van der Waals surface area (Å²) in [7, 11) is -0.237. The summed E-state index contributed by atoms with van der Waals surface area (Å²) in [4.78, 5) is 2.75. The lowest BCUT2D eigenvalue weighted by Crippen LogP contribution is -2.49. The number of hydrogen-bond donors (Lipinski definition) is 1. The number of sulfonamides is 1. The molecule has 162 valence electrons. The van der Waals surface area contributed by atoms with Gasteiger partial charge in [-0.2, -0.15) is 0 Å². The largest absolute Gasteiger partial charge is 0.497 e. The lowest BCUT2D eigenvalue weighted by atomic mass is 9.97. The number of halogens is 1. The maximum absolute atomic E-state index is 12.8. The number of hydrogen-bond acceptors (Lipinski definition) is 5. The lowest BCUT2D eigenvalue weighted by molar-refractivity contribution is 0.114. The second kappa shape index (κ2) is 8.75. The molecule has 8 heteroatoms. The number of nitrogens with one attached hydrogen (secondary N) is 1. The summed E-state index contributed by atoms with van der Waals surface area (Å²) in [5.74, 6) is 1.59. The second-order valence-electron chi connectivity index (χ2n) is 7.98. The zero-order chi connectivity index (χ0) is 21.3. The molecule has 4 rings (SSSR count). The quantitative estimate of drug-likeness (QED) is 0.694. The molecule has 2 bridgehead atoms. The van der Waals surface area contributed by atoms with Crippen molar-refractivity contribution in [2.24, 2.45) is 0 Å². The monoisotopic (exact) mass is 450 g/mol. The maximum atomic E-state index is 12.8. The molecule has 2 aromatic carbocycles. The molecule has 2 heterocycles. The van der Waals surface area contributed by atoms with Gasteiger partial charge in [-0.1, -0.05) is 17.7 Å². The zero-order valence-electron chi connectivity index (χ0n) is 17.2. The first kappa shape index (κ1) is 21.4. The van der Waals surface area contributed by atoms with Crippen LogP contribution in [-0.4, -0.2) is 45.7 Å². The third-order valence-electron chi connectivity index (χ3n) is 6.18. The summed E-state index contributed by atoms with van der Waals surface area (Å²) in [5, 5.41) is 0.522. The number of methoxy groups -OCH3 is 2. The SMILES string of the molecule is COc1ccc(CN2C3CCC2CC(NS(=O)(=O)c2ccc(Cl)cc2)C3)c(OC)c1. The van der Waals surface area contributed by atoms with Crippen molar-refractivity contribution < 1.29 is 17.9 Å². The van der Waals surface area contributed by atoms with Crippen molar-refractivity contribution in [3.63, 3.8) is 0 Å². The van der Waals surface area contributed by atoms with Crippen LogP contribution in [0.25, 0.3) is 0 Å². The summed E-state index contributed by atoms with van der Waals surface area (Å²) < 4.78 is 39.3. The van der Waals surface area contributed by atoms with Gasteiger partial charge in [0.15, 0.2) is 0 Å². The highest BCUT2D eigenvalue weighted by Crippen LogP contribution is 2.38. The van der Waals surface area contributed by atoms with Gasteiger partial charge in [-0.3, -0.25) is 4.90 Å². The minimum atomic E-state index is -3.55. The molecular formula is C22H27ClN2O4S. The number of fused-ring (bicyclic) bond motifs is 2. The standard InChI is InChI=1S/C22H27ClN2O4S/c1-28-20-8-3-15(22(13-20)29-2)14-25-18-6-7-19(25)12-17(11-18)24-30(26,27)21-9-4-16(23)5-10-21/h3-5,8-10,13,17-19,24H,6-7,11-12,14H2,1-2H3. The molecule has 2 atom stereocenters. The molecule has 2 aliphatic heterocycles. The minimum Gasteiger partial charge on any atom is -0.497 e. The Balaban J connectivity index is 1.44. The van der Waals surface area contributed by atoms with E-state index in [2.05, 4.69) is 9.62 Å². The number of benzene rings is 2. The van der Waals surface area contributed by atoms with Crippen molar-refractivity contribution in [1.82, 2.24) is 9.62 Å². The molecule has 2 unspecified atom stereocenters. The molecule has 1 N–H and O–H groups in total. The fourth-order valence-electron chi connectivity index (χ4n) is 4.71. The first-order valence-electron chi connectivity index (χ1n) is 10.1. The molecule has 0 amide bonds. The molecule has 0 spiro atoms. The van der Waals surface area contributed by atoms with Crippen molar-refractivity contribution in [1.29, 1.82) is 0 Å². The van der Waals surface area contributed by atoms with Crippen LogP contribution in [0.15, 0.2) is 47.4 Å². The lowest BCUT2D eigenvalue weighted by Gasteiger charge is -2.39. The van der Waals surface area contributed by atoms with Gasteiger partial charge in [-0.25, -0.2) is 13.1 Å². The Morgan fingerprint density at radius 3 is 2.30 bits per heavy atom. The number of piperidine rings is 1. The Bertz CT molecular complexity index is 983. The van der Waals surface area contributed by atoms with Crippen LogP contribution in [0.4, 0.5) is 0 Å². The van der Waals surface area contributed by atoms with Gasteiger partial charge in [0, 0.05) is 41.3 Å². The van der Waals surface area contributed by atoms with Crippen LogP contribution >= 0.6 is 11.6 Å². The van der Waals surface area contributed by atoms with Gasteiger partial charge in [-0.05, 0) is 56.0 Å². The van der Waals surface area contributed by atoms with Crippen molar-refractivity contribution >= 4 is 21.6 Å². The molecule has 2 aliphatic rings. The van der Waals surface area contributed by atoms with E-state index in [0.29, 0.717) is 17.1 Å². The van der Waals surface area contributed by atoms with Gasteiger partial charge in [0.1, 0.15) is 11.5 Å². The van der Waals surface area contributed by atoms with Crippen LogP contribution in [0.2, 0.25) is 5.02 Å². The Morgan fingerprint density at radius 1 is 1.03 bits per heavy atom. The van der Waals surface area contributed by atoms with E-state index in [9.17, 15) is 8.42 Å². The van der Waals surface area contributed by atoms with E-state index >= 15 is 0 Å². The van der Waals surface area contributed by atoms with Gasteiger partial charge >= 0.3 is 0 Å². The topological polar surface area (TPSA) is 67.9 Å². The van der Waals surface area contributed by atoms with Crippen LogP contribution in [0.1, 0.15) is 31.2 Å². The Hall–Kier alpha value is -1.80. The Kier molecular flexibility index (Phi) is 6.25. The van der Waals surface area contributed by atoms with Gasteiger partial charge in [0.05, 0.1) is 19.1 Å². The van der Waals surface area contributed by atoms with Gasteiger partial charge < -0.3 is 9.47 Å². The van der Waals surface area contributed by atoms with E-state index < -0.39 is 10.0 Å². The summed E-state index contributed by atoms with van der Waals surface area (Å²) in [6.07, 6.45) is 3.79. The first-order valence-corrected chi connectivity index (χ1v) is 12.0. The molecule has 0 saturated carbocycles. The Morgan fingerprint density at radius 2 is 1.70 bits per heavy atom. The second-order valence-corrected chi connectivity index (χ2v) is 10.1. The average molecular weight is 451 g/mol. The maximum Gasteiger partial charge on any atom is 0.240 e. The van der Waals surface area contributed by atoms with Gasteiger partial charge in [-0.15, -0.1) is 0 Å². The third kappa shape index (κ3) is 4.44. The van der Waals surface area contributed by atoms with Crippen molar-refractivity contribution in [3.05, 3.63) is 53.1 Å². The van der Waals surface area contributed by atoms with Gasteiger partial charge in [0.2, 0.25) is 10.0 Å². The summed E-state index contributed by atoms with van der Waals surface area (Å²) in [5.41, 5.74) is 1.12. The molecule has 0 aromatic heterocycles. The summed E-state index contributed by atoms with van der Waals surface area (Å²) in [6, 6.07) is 12.9. The van der Waals surface area contributed by atoms with Crippen LogP contribution in [-0.2, 0) is 16.6 Å². The van der Waals surface area contributed by atoms with E-state index in [4.69, 9.17) is 21.1 Å². The van der Waals surface area contributed by atoms with E-state index in [1.807, 2.05) is 18.2 Å². The summed E-state index contributed by atoms with van der Waals surface area (Å²) in [6.45, 7) is 0.791. The van der Waals surface area contributed by atoms with Crippen LogP contribution < -0.4 is 14.2 Å². The molecule has 2 fully saturated rings. The molecule has 2 saturated heterocycles. The predicted molar refractivity (Wildman–Crippen MR) is 117 cm³/mol. The molecule has 6 nitrogen and oxygen atoms in total. The van der Waals surface area contributed by atoms with E-state index in [1.54, 1.807) is 38.5 Å². The normalized spacial score (nSPS) is 24.0. The molecule has 0 aliphatic carbocycles. The van der Waals surface area contributed by atoms with E-state index in [-0.39, 0.29) is 10.9 Å². The predicted octanol–water partition coefficient (Wildman–Crippen LogP) is 3.83. The zero-order valence-corrected chi connectivity index (χ0v) is 18.7. The molecule has 30 heavy (non-hydrogen) atoms. The fraction of sp³-hybridized carbons (Fsp3) is 0.455. The smallest absolute Gasteiger partial charge is 0.240 e. The average Bonchev–Trinajstić information content (AvgIpc) is 2.96. The van der Waals surface area contributed by atoms with E-state index in [1.165, 1.54) is 0 Å². The van der Waals surface area contributed by atoms with Crippen molar-refractivity contribution in [2.45, 2.75) is 55.2 Å². The molecule has 0 radical (unpaired) electrons. The highest BCUT2D eigenvalue weighted by atomic mass is 35.5. The highest BCUT2D eigenvalue weighted by molar-refractivity contribution is 7.89. The number of nitrogens with zero attached hydrogens (tertiary/aromatic N) is 1. The van der Waals surface area contributed by atoms with Crippen LogP contribution in [0, 0.1) is 0 Å². The van der Waals surface area contributed by atoms with Crippen LogP contribution in [0.5, 0.6) is 11.5 Å². The fourth-order valence-corrected chi connectivity index (χ4v) is 6.10. The van der Waals surface area contributed by atoms with Crippen molar-refractivity contribution in [2.75, 3.05) is 14.2 Å². The van der Waals surface area contributed by atoms with Gasteiger partial charge in [0.25, 0.3) is 0 Å². The van der Waals surface area contributed by atoms with Crippen LogP contribution in [0.3, 0.4) is 0 Å². The minimum absolute atomic E-state index is 0.0582. The number of ether oxygens (including phenoxy) is 2. The highest BCUT2D eigenvalue weighted by Gasteiger charge is 2.42. The first-order chi connectivity index (χ1) is 14.4. The molecular weight excluding hydrogens is 424 g/mol. The summed E-state index contributed by atoms with van der Waals surface area (Å²) >= 11 is 5.88. The van der Waals surface area contributed by atoms with E-state index in [0.717, 1.165) is 49.3 Å². The Labute approximate surface area is 183 Å². The van der Waals surface area contributed by atoms with Crippen molar-refractivity contribution in [3.8, 4) is 11.5 Å². The number of rotatable bonds is 7.